The first kappa shape index (κ1) is 13.2. The lowest BCUT2D eigenvalue weighted by Gasteiger charge is -2.10. The van der Waals surface area contributed by atoms with Crippen molar-refractivity contribution in [2.75, 3.05) is 20.6 Å². The van der Waals surface area contributed by atoms with Gasteiger partial charge in [0.05, 0.1) is 5.92 Å². The van der Waals surface area contributed by atoms with Gasteiger partial charge in [-0.25, -0.2) is 0 Å². The van der Waals surface area contributed by atoms with Crippen LogP contribution in [0.5, 0.6) is 5.75 Å². The Bertz CT molecular complexity index is 626. The number of rotatable bonds is 5. The third-order valence-electron chi connectivity index (χ3n) is 3.70. The number of H-pyrrole nitrogens is 1. The minimum Gasteiger partial charge on any atom is -0.426 e. The standard InChI is InChI=1S/C16H20N2O2/c1-18(2)9-8-12-10-17-13-4-3-5-14(15(12)13)20-16(19)11-6-7-11/h3-5,10-11,17H,6-9H2,1-2H3. The summed E-state index contributed by atoms with van der Waals surface area (Å²) in [5.74, 6) is 0.723. The van der Waals surface area contributed by atoms with E-state index in [1.807, 2.05) is 24.4 Å². The number of fused-ring (bicyclic) bond motifs is 1. The molecule has 4 nitrogen and oxygen atoms in total. The number of ether oxygens (including phenoxy) is 1. The molecule has 0 aliphatic heterocycles. The van der Waals surface area contributed by atoms with E-state index in [4.69, 9.17) is 4.74 Å². The summed E-state index contributed by atoms with van der Waals surface area (Å²) >= 11 is 0. The van der Waals surface area contributed by atoms with Gasteiger partial charge in [0.2, 0.25) is 0 Å². The molecule has 0 bridgehead atoms. The van der Waals surface area contributed by atoms with Crippen LogP contribution in [0.15, 0.2) is 24.4 Å². The van der Waals surface area contributed by atoms with Crippen molar-refractivity contribution in [3.05, 3.63) is 30.0 Å². The molecule has 1 heterocycles. The summed E-state index contributed by atoms with van der Waals surface area (Å²) in [5, 5.41) is 1.04. The molecule has 0 atom stereocenters. The Balaban J connectivity index is 1.89. The number of hydrogen-bond acceptors (Lipinski definition) is 3. The Morgan fingerprint density at radius 2 is 2.20 bits per heavy atom. The maximum atomic E-state index is 11.9. The van der Waals surface area contributed by atoms with Crippen molar-refractivity contribution in [3.63, 3.8) is 0 Å². The van der Waals surface area contributed by atoms with Crippen molar-refractivity contribution in [1.29, 1.82) is 0 Å². The van der Waals surface area contributed by atoms with E-state index in [1.165, 1.54) is 5.56 Å². The van der Waals surface area contributed by atoms with Crippen LogP contribution in [-0.4, -0.2) is 36.5 Å². The van der Waals surface area contributed by atoms with Crippen molar-refractivity contribution >= 4 is 16.9 Å². The van der Waals surface area contributed by atoms with Crippen LogP contribution < -0.4 is 4.74 Å². The van der Waals surface area contributed by atoms with Crippen LogP contribution in [0.4, 0.5) is 0 Å². The largest absolute Gasteiger partial charge is 0.426 e. The van der Waals surface area contributed by atoms with E-state index < -0.39 is 0 Å². The molecule has 0 amide bonds. The molecule has 0 radical (unpaired) electrons. The van der Waals surface area contributed by atoms with Crippen molar-refractivity contribution in [2.45, 2.75) is 19.3 Å². The second kappa shape index (κ2) is 5.29. The monoisotopic (exact) mass is 272 g/mol. The predicted octanol–water partition coefficient (Wildman–Crippen LogP) is 2.59. The van der Waals surface area contributed by atoms with Crippen LogP contribution in [0.2, 0.25) is 0 Å². The molecule has 20 heavy (non-hydrogen) atoms. The molecule has 1 N–H and O–H groups in total. The quantitative estimate of drug-likeness (QED) is 0.672. The van der Waals surface area contributed by atoms with Crippen LogP contribution in [-0.2, 0) is 11.2 Å². The number of carbonyl (C=O) groups excluding carboxylic acids is 1. The van der Waals surface area contributed by atoms with Gasteiger partial charge in [-0.1, -0.05) is 6.07 Å². The number of aromatic nitrogens is 1. The first-order chi connectivity index (χ1) is 9.65. The van der Waals surface area contributed by atoms with E-state index in [2.05, 4.69) is 24.0 Å². The third kappa shape index (κ3) is 2.70. The lowest BCUT2D eigenvalue weighted by molar-refractivity contribution is -0.135. The first-order valence-electron chi connectivity index (χ1n) is 7.10. The van der Waals surface area contributed by atoms with Gasteiger partial charge in [0, 0.05) is 23.6 Å². The predicted molar refractivity (Wildman–Crippen MR) is 78.9 cm³/mol. The summed E-state index contributed by atoms with van der Waals surface area (Å²) in [4.78, 5) is 17.3. The molecule has 1 saturated carbocycles. The fourth-order valence-corrected chi connectivity index (χ4v) is 2.36. The van der Waals surface area contributed by atoms with Gasteiger partial charge in [0.1, 0.15) is 5.75 Å². The van der Waals surface area contributed by atoms with Crippen molar-refractivity contribution in [1.82, 2.24) is 9.88 Å². The molecule has 1 aromatic heterocycles. The van der Waals surface area contributed by atoms with Crippen molar-refractivity contribution < 1.29 is 9.53 Å². The van der Waals surface area contributed by atoms with Gasteiger partial charge in [-0.3, -0.25) is 4.79 Å². The fraction of sp³-hybridized carbons (Fsp3) is 0.438. The van der Waals surface area contributed by atoms with Crippen molar-refractivity contribution in [2.24, 2.45) is 5.92 Å². The Kier molecular flexibility index (Phi) is 3.49. The SMILES string of the molecule is CN(C)CCc1c[nH]c2cccc(OC(=O)C3CC3)c12. The molecule has 1 fully saturated rings. The van der Waals surface area contributed by atoms with Gasteiger partial charge < -0.3 is 14.6 Å². The topological polar surface area (TPSA) is 45.3 Å². The highest BCUT2D eigenvalue weighted by Gasteiger charge is 2.32. The number of nitrogens with one attached hydrogen (secondary N) is 1. The second-order valence-electron chi connectivity index (χ2n) is 5.74. The molecular weight excluding hydrogens is 252 g/mol. The van der Waals surface area contributed by atoms with Gasteiger partial charge in [-0.05, 0) is 51.1 Å². The average Bonchev–Trinajstić information content (AvgIpc) is 3.18. The number of hydrogen-bond donors (Lipinski definition) is 1. The summed E-state index contributed by atoms with van der Waals surface area (Å²) in [6.45, 7) is 0.970. The molecule has 0 unspecified atom stereocenters. The molecule has 1 aliphatic rings. The van der Waals surface area contributed by atoms with Gasteiger partial charge in [-0.2, -0.15) is 0 Å². The number of likely N-dealkylation sites (N-methyl/N-ethyl adjacent to an activating group) is 1. The molecular formula is C16H20N2O2. The van der Waals surface area contributed by atoms with Crippen LogP contribution in [0.1, 0.15) is 18.4 Å². The van der Waals surface area contributed by atoms with Gasteiger partial charge in [0.25, 0.3) is 0 Å². The minimum absolute atomic E-state index is 0.0859. The molecule has 2 aromatic rings. The normalized spacial score (nSPS) is 14.9. The number of benzene rings is 1. The van der Waals surface area contributed by atoms with Gasteiger partial charge in [-0.15, -0.1) is 0 Å². The first-order valence-corrected chi connectivity index (χ1v) is 7.10. The number of nitrogens with zero attached hydrogens (tertiary/aromatic N) is 1. The zero-order valence-electron chi connectivity index (χ0n) is 12.0. The fourth-order valence-electron chi connectivity index (χ4n) is 2.36. The second-order valence-corrected chi connectivity index (χ2v) is 5.74. The van der Waals surface area contributed by atoms with Crippen molar-refractivity contribution in [3.8, 4) is 5.75 Å². The number of carbonyl (C=O) groups is 1. The molecule has 1 aromatic carbocycles. The van der Waals surface area contributed by atoms with E-state index in [1.54, 1.807) is 0 Å². The highest BCUT2D eigenvalue weighted by Crippen LogP contribution is 2.34. The summed E-state index contributed by atoms with van der Waals surface area (Å²) in [7, 11) is 4.12. The lowest BCUT2D eigenvalue weighted by atomic mass is 10.1. The zero-order valence-corrected chi connectivity index (χ0v) is 12.0. The van der Waals surface area contributed by atoms with Crippen LogP contribution in [0, 0.1) is 5.92 Å². The Hall–Kier alpha value is -1.81. The van der Waals surface area contributed by atoms with Crippen LogP contribution in [0.25, 0.3) is 10.9 Å². The van der Waals surface area contributed by atoms with E-state index in [0.29, 0.717) is 5.75 Å². The summed E-state index contributed by atoms with van der Waals surface area (Å²) in [6.07, 6.45) is 4.89. The molecule has 3 rings (SSSR count). The number of esters is 1. The average molecular weight is 272 g/mol. The highest BCUT2D eigenvalue weighted by molar-refractivity contribution is 5.92. The number of aromatic amines is 1. The summed E-state index contributed by atoms with van der Waals surface area (Å²) < 4.78 is 5.58. The third-order valence-corrected chi connectivity index (χ3v) is 3.70. The maximum Gasteiger partial charge on any atom is 0.314 e. The molecule has 106 valence electrons. The molecule has 0 saturated heterocycles. The summed E-state index contributed by atoms with van der Waals surface area (Å²) in [6, 6.07) is 5.82. The molecule has 1 aliphatic carbocycles. The Morgan fingerprint density at radius 1 is 1.40 bits per heavy atom. The van der Waals surface area contributed by atoms with Gasteiger partial charge in [0.15, 0.2) is 0 Å². The van der Waals surface area contributed by atoms with E-state index in [0.717, 1.165) is 36.7 Å². The highest BCUT2D eigenvalue weighted by atomic mass is 16.5. The smallest absolute Gasteiger partial charge is 0.314 e. The Labute approximate surface area is 118 Å². The maximum absolute atomic E-state index is 11.9. The molecule has 0 spiro atoms. The summed E-state index contributed by atoms with van der Waals surface area (Å²) in [5.41, 5.74) is 2.23. The van der Waals surface area contributed by atoms with E-state index >= 15 is 0 Å². The van der Waals surface area contributed by atoms with E-state index in [9.17, 15) is 4.79 Å². The Morgan fingerprint density at radius 3 is 2.90 bits per heavy atom. The van der Waals surface area contributed by atoms with E-state index in [-0.39, 0.29) is 11.9 Å². The lowest BCUT2D eigenvalue weighted by Crippen LogP contribution is -2.15. The van der Waals surface area contributed by atoms with Crippen LogP contribution in [0.3, 0.4) is 0 Å². The van der Waals surface area contributed by atoms with Crippen LogP contribution >= 0.6 is 0 Å². The zero-order chi connectivity index (χ0) is 14.1. The molecule has 4 heteroatoms. The van der Waals surface area contributed by atoms with Gasteiger partial charge >= 0.3 is 5.97 Å². The minimum atomic E-state index is -0.0859.